The van der Waals surface area contributed by atoms with Crippen LogP contribution in [0.15, 0.2) is 27.3 Å². The number of rotatable bonds is 3. The van der Waals surface area contributed by atoms with E-state index >= 15 is 0 Å². The summed E-state index contributed by atoms with van der Waals surface area (Å²) in [5.41, 5.74) is 0.809. The highest BCUT2D eigenvalue weighted by molar-refractivity contribution is 8.00. The summed E-state index contributed by atoms with van der Waals surface area (Å²) in [5, 5.41) is 11.8. The molecule has 0 saturated carbocycles. The molecule has 0 radical (unpaired) electrons. The Morgan fingerprint density at radius 2 is 2.43 bits per heavy atom. The Bertz CT molecular complexity index is 410. The van der Waals surface area contributed by atoms with E-state index in [9.17, 15) is 0 Å². The molecule has 14 heavy (non-hydrogen) atoms. The average Bonchev–Trinajstić information content (AvgIpc) is 2.79. The molecule has 0 aliphatic carbocycles. The van der Waals surface area contributed by atoms with Crippen LogP contribution in [0, 0.1) is 0 Å². The van der Waals surface area contributed by atoms with E-state index in [1.54, 1.807) is 23.7 Å². The number of aromatic nitrogens is 3. The van der Waals surface area contributed by atoms with Crippen molar-refractivity contribution in [2.24, 2.45) is 7.05 Å². The molecule has 0 fully saturated rings. The monoisotopic (exact) mass is 227 g/mol. The van der Waals surface area contributed by atoms with Gasteiger partial charge < -0.3 is 9.67 Å². The molecule has 6 heteroatoms. The molecule has 0 atom stereocenters. The van der Waals surface area contributed by atoms with Crippen LogP contribution in [0.2, 0.25) is 0 Å². The van der Waals surface area contributed by atoms with Crippen molar-refractivity contribution in [2.75, 3.05) is 0 Å². The van der Waals surface area contributed by atoms with Gasteiger partial charge in [0.1, 0.15) is 0 Å². The van der Waals surface area contributed by atoms with Crippen molar-refractivity contribution >= 4 is 23.1 Å². The Labute approximate surface area is 89.6 Å². The van der Waals surface area contributed by atoms with E-state index in [2.05, 4.69) is 9.97 Å². The van der Waals surface area contributed by atoms with E-state index in [1.807, 2.05) is 17.0 Å². The first kappa shape index (κ1) is 9.70. The lowest BCUT2D eigenvalue weighted by atomic mass is 10.5. The molecular formula is C8H9N3OS2. The molecule has 74 valence electrons. The van der Waals surface area contributed by atoms with E-state index in [4.69, 9.17) is 5.11 Å². The lowest BCUT2D eigenvalue weighted by Crippen LogP contribution is -1.96. The van der Waals surface area contributed by atoms with E-state index < -0.39 is 0 Å². The van der Waals surface area contributed by atoms with Crippen molar-refractivity contribution in [1.82, 2.24) is 14.5 Å². The summed E-state index contributed by atoms with van der Waals surface area (Å²) >= 11 is 3.08. The van der Waals surface area contributed by atoms with Crippen LogP contribution in [-0.2, 0) is 13.7 Å². The normalized spacial score (nSPS) is 10.7. The molecule has 0 amide bonds. The lowest BCUT2D eigenvalue weighted by Gasteiger charge is -2.00. The highest BCUT2D eigenvalue weighted by atomic mass is 32.2. The largest absolute Gasteiger partial charge is 0.390 e. The maximum atomic E-state index is 8.97. The molecule has 0 aliphatic rings. The Balaban J connectivity index is 2.21. The van der Waals surface area contributed by atoms with Crippen LogP contribution in [0.25, 0.3) is 0 Å². The minimum Gasteiger partial charge on any atom is -0.390 e. The molecule has 0 unspecified atom stereocenters. The van der Waals surface area contributed by atoms with Crippen molar-refractivity contribution in [3.8, 4) is 0 Å². The fourth-order valence-electron chi connectivity index (χ4n) is 1.01. The minimum absolute atomic E-state index is 0.0158. The average molecular weight is 227 g/mol. The molecule has 0 saturated heterocycles. The van der Waals surface area contributed by atoms with Crippen LogP contribution >= 0.6 is 23.1 Å². The summed E-state index contributed by atoms with van der Waals surface area (Å²) in [4.78, 5) is 8.35. The summed E-state index contributed by atoms with van der Waals surface area (Å²) in [6, 6.07) is 0. The predicted molar refractivity (Wildman–Crippen MR) is 55.4 cm³/mol. The summed E-state index contributed by atoms with van der Waals surface area (Å²) in [6.07, 6.45) is 3.44. The summed E-state index contributed by atoms with van der Waals surface area (Å²) in [7, 11) is 1.88. The lowest BCUT2D eigenvalue weighted by molar-refractivity contribution is 0.271. The van der Waals surface area contributed by atoms with Gasteiger partial charge in [0.25, 0.3) is 0 Å². The Morgan fingerprint density at radius 3 is 3.00 bits per heavy atom. The van der Waals surface area contributed by atoms with Crippen molar-refractivity contribution in [1.29, 1.82) is 0 Å². The molecule has 2 aromatic rings. The third kappa shape index (κ3) is 1.82. The third-order valence-corrected chi connectivity index (χ3v) is 3.74. The number of aliphatic hydroxyl groups excluding tert-OH is 1. The van der Waals surface area contributed by atoms with Gasteiger partial charge in [-0.3, -0.25) is 0 Å². The van der Waals surface area contributed by atoms with E-state index in [0.717, 1.165) is 15.2 Å². The molecule has 4 nitrogen and oxygen atoms in total. The molecule has 0 aliphatic heterocycles. The van der Waals surface area contributed by atoms with Crippen LogP contribution in [0.4, 0.5) is 0 Å². The standard InChI is InChI=1S/C8H9N3OS2/c1-11-6(5-12)4-10-7(11)14-8-9-2-3-13-8/h2-4,12H,5H2,1H3. The van der Waals surface area contributed by atoms with Crippen LogP contribution in [-0.4, -0.2) is 19.6 Å². The van der Waals surface area contributed by atoms with Gasteiger partial charge in [-0.2, -0.15) is 0 Å². The van der Waals surface area contributed by atoms with Crippen LogP contribution in [0.1, 0.15) is 5.69 Å². The van der Waals surface area contributed by atoms with Crippen molar-refractivity contribution in [3.63, 3.8) is 0 Å². The second-order valence-corrected chi connectivity index (χ2v) is 4.76. The first-order valence-corrected chi connectivity index (χ1v) is 5.69. The van der Waals surface area contributed by atoms with Crippen LogP contribution in [0.5, 0.6) is 0 Å². The molecule has 2 rings (SSSR count). The van der Waals surface area contributed by atoms with E-state index in [-0.39, 0.29) is 6.61 Å². The number of aliphatic hydroxyl groups is 1. The van der Waals surface area contributed by atoms with Gasteiger partial charge in [0.05, 0.1) is 18.5 Å². The summed E-state index contributed by atoms with van der Waals surface area (Å²) in [6.45, 7) is 0.0158. The summed E-state index contributed by atoms with van der Waals surface area (Å²) < 4.78 is 2.83. The Hall–Kier alpha value is -0.850. The number of hydrogen-bond donors (Lipinski definition) is 1. The second-order valence-electron chi connectivity index (χ2n) is 2.65. The molecule has 0 spiro atoms. The number of hydrogen-bond acceptors (Lipinski definition) is 5. The predicted octanol–water partition coefficient (Wildman–Crippen LogP) is 1.52. The van der Waals surface area contributed by atoms with Gasteiger partial charge in [-0.15, -0.1) is 11.3 Å². The maximum absolute atomic E-state index is 8.97. The third-order valence-electron chi connectivity index (χ3n) is 1.79. The van der Waals surface area contributed by atoms with Gasteiger partial charge in [-0.1, -0.05) is 0 Å². The maximum Gasteiger partial charge on any atom is 0.175 e. The first-order chi connectivity index (χ1) is 6.81. The van der Waals surface area contributed by atoms with Gasteiger partial charge in [-0.05, 0) is 11.8 Å². The van der Waals surface area contributed by atoms with Gasteiger partial charge in [0.15, 0.2) is 9.50 Å². The fourth-order valence-corrected chi connectivity index (χ4v) is 2.58. The van der Waals surface area contributed by atoms with Crippen LogP contribution in [0.3, 0.4) is 0 Å². The van der Waals surface area contributed by atoms with E-state index in [0.29, 0.717) is 0 Å². The van der Waals surface area contributed by atoms with Gasteiger partial charge in [-0.25, -0.2) is 9.97 Å². The van der Waals surface area contributed by atoms with Gasteiger partial charge >= 0.3 is 0 Å². The summed E-state index contributed by atoms with van der Waals surface area (Å²) in [5.74, 6) is 0. The number of thiazole rings is 1. The van der Waals surface area contributed by atoms with Crippen LogP contribution < -0.4 is 0 Å². The minimum atomic E-state index is 0.0158. The molecule has 0 bridgehead atoms. The SMILES string of the molecule is Cn1c(CO)cnc1Sc1nccs1. The van der Waals surface area contributed by atoms with Crippen molar-refractivity contribution in [2.45, 2.75) is 16.1 Å². The topological polar surface area (TPSA) is 50.9 Å². The number of nitrogens with zero attached hydrogens (tertiary/aromatic N) is 3. The zero-order valence-electron chi connectivity index (χ0n) is 7.54. The Morgan fingerprint density at radius 1 is 1.57 bits per heavy atom. The fraction of sp³-hybridized carbons (Fsp3) is 0.250. The van der Waals surface area contributed by atoms with Crippen molar-refractivity contribution in [3.05, 3.63) is 23.5 Å². The molecule has 1 N–H and O–H groups in total. The molecular weight excluding hydrogens is 218 g/mol. The first-order valence-electron chi connectivity index (χ1n) is 4.00. The zero-order chi connectivity index (χ0) is 9.97. The number of imidazole rings is 1. The molecule has 0 aromatic carbocycles. The highest BCUT2D eigenvalue weighted by Crippen LogP contribution is 2.27. The Kier molecular flexibility index (Phi) is 2.85. The quantitative estimate of drug-likeness (QED) is 0.863. The highest BCUT2D eigenvalue weighted by Gasteiger charge is 2.08. The second kappa shape index (κ2) is 4.12. The van der Waals surface area contributed by atoms with Gasteiger partial charge in [0.2, 0.25) is 0 Å². The zero-order valence-corrected chi connectivity index (χ0v) is 9.18. The van der Waals surface area contributed by atoms with E-state index in [1.165, 1.54) is 11.8 Å². The van der Waals surface area contributed by atoms with Gasteiger partial charge in [0, 0.05) is 18.6 Å². The molecule has 2 heterocycles. The molecule has 2 aromatic heterocycles. The van der Waals surface area contributed by atoms with Crippen molar-refractivity contribution < 1.29 is 5.11 Å². The smallest absolute Gasteiger partial charge is 0.175 e.